The van der Waals surface area contributed by atoms with Crippen LogP contribution in [0.1, 0.15) is 21.5 Å². The number of carbonyl (C=O) groups excluding carboxylic acids is 2. The highest BCUT2D eigenvalue weighted by Crippen LogP contribution is 2.21. The molecule has 0 unspecified atom stereocenters. The van der Waals surface area contributed by atoms with Gasteiger partial charge in [0.2, 0.25) is 0 Å². The first-order chi connectivity index (χ1) is 12.3. The van der Waals surface area contributed by atoms with E-state index in [9.17, 15) is 9.59 Å². The lowest BCUT2D eigenvalue weighted by Crippen LogP contribution is -2.49. The SMILES string of the molecule is Cc1cccc(C(=O)NC(=S)NNC(=O)COc2ccc(Br)cc2C)c1. The second kappa shape index (κ2) is 9.30. The van der Waals surface area contributed by atoms with E-state index >= 15 is 0 Å². The summed E-state index contributed by atoms with van der Waals surface area (Å²) in [5.41, 5.74) is 7.19. The molecule has 0 spiro atoms. The van der Waals surface area contributed by atoms with Gasteiger partial charge in [-0.15, -0.1) is 0 Å². The van der Waals surface area contributed by atoms with E-state index in [0.29, 0.717) is 11.3 Å². The fourth-order valence-electron chi connectivity index (χ4n) is 2.07. The van der Waals surface area contributed by atoms with Gasteiger partial charge in [0, 0.05) is 10.0 Å². The molecular weight excluding hydrogens is 418 g/mol. The molecule has 0 saturated carbocycles. The van der Waals surface area contributed by atoms with Crippen molar-refractivity contribution in [1.29, 1.82) is 0 Å². The number of amides is 2. The Morgan fingerprint density at radius 1 is 1.12 bits per heavy atom. The third-order valence-electron chi connectivity index (χ3n) is 3.32. The zero-order valence-electron chi connectivity index (χ0n) is 14.3. The number of thiocarbonyl (C=S) groups is 1. The minimum Gasteiger partial charge on any atom is -0.483 e. The maximum absolute atomic E-state index is 12.0. The Balaban J connectivity index is 1.76. The number of nitrogens with one attached hydrogen (secondary N) is 3. The molecule has 0 atom stereocenters. The summed E-state index contributed by atoms with van der Waals surface area (Å²) in [7, 11) is 0. The quantitative estimate of drug-likeness (QED) is 0.508. The average molecular weight is 436 g/mol. The van der Waals surface area contributed by atoms with Crippen molar-refractivity contribution in [1.82, 2.24) is 16.2 Å². The van der Waals surface area contributed by atoms with Gasteiger partial charge in [0.15, 0.2) is 11.7 Å². The molecule has 0 fully saturated rings. The summed E-state index contributed by atoms with van der Waals surface area (Å²) in [4.78, 5) is 23.9. The molecule has 0 aromatic heterocycles. The van der Waals surface area contributed by atoms with Crippen molar-refractivity contribution in [2.45, 2.75) is 13.8 Å². The molecule has 2 aromatic rings. The number of ether oxygens (including phenoxy) is 1. The summed E-state index contributed by atoms with van der Waals surface area (Å²) in [5, 5.41) is 2.48. The molecule has 8 heteroatoms. The summed E-state index contributed by atoms with van der Waals surface area (Å²) in [6, 6.07) is 12.6. The van der Waals surface area contributed by atoms with E-state index < -0.39 is 5.91 Å². The number of halogens is 1. The van der Waals surface area contributed by atoms with Gasteiger partial charge >= 0.3 is 0 Å². The largest absolute Gasteiger partial charge is 0.483 e. The van der Waals surface area contributed by atoms with Gasteiger partial charge in [-0.05, 0) is 62.0 Å². The normalized spacial score (nSPS) is 9.96. The fourth-order valence-corrected chi connectivity index (χ4v) is 2.69. The molecule has 136 valence electrons. The van der Waals surface area contributed by atoms with Crippen LogP contribution >= 0.6 is 28.1 Å². The van der Waals surface area contributed by atoms with E-state index in [1.807, 2.05) is 32.0 Å². The number of rotatable bonds is 4. The van der Waals surface area contributed by atoms with Crippen LogP contribution in [0.15, 0.2) is 46.9 Å². The third-order valence-corrected chi connectivity index (χ3v) is 4.02. The summed E-state index contributed by atoms with van der Waals surface area (Å²) in [6.07, 6.45) is 0. The molecule has 0 saturated heterocycles. The van der Waals surface area contributed by atoms with Crippen molar-refractivity contribution in [3.8, 4) is 5.75 Å². The molecular formula is C18H18BrN3O3S. The van der Waals surface area contributed by atoms with E-state index in [0.717, 1.165) is 15.6 Å². The van der Waals surface area contributed by atoms with Crippen LogP contribution in [-0.4, -0.2) is 23.5 Å². The van der Waals surface area contributed by atoms with Crippen LogP contribution in [-0.2, 0) is 4.79 Å². The monoisotopic (exact) mass is 435 g/mol. The minimum atomic E-state index is -0.431. The van der Waals surface area contributed by atoms with Gasteiger partial charge in [-0.3, -0.25) is 25.8 Å². The summed E-state index contributed by atoms with van der Waals surface area (Å²) in [6.45, 7) is 3.58. The highest BCUT2D eigenvalue weighted by atomic mass is 79.9. The van der Waals surface area contributed by atoms with E-state index in [4.69, 9.17) is 17.0 Å². The van der Waals surface area contributed by atoms with Crippen molar-refractivity contribution in [2.75, 3.05) is 6.61 Å². The van der Waals surface area contributed by atoms with Gasteiger partial charge in [-0.25, -0.2) is 0 Å². The lowest BCUT2D eigenvalue weighted by molar-refractivity contribution is -0.123. The number of aryl methyl sites for hydroxylation is 2. The zero-order valence-corrected chi connectivity index (χ0v) is 16.7. The van der Waals surface area contributed by atoms with Gasteiger partial charge in [0.05, 0.1) is 0 Å². The van der Waals surface area contributed by atoms with Crippen molar-refractivity contribution < 1.29 is 14.3 Å². The Bertz CT molecular complexity index is 842. The van der Waals surface area contributed by atoms with Gasteiger partial charge in [-0.2, -0.15) is 0 Å². The molecule has 2 amide bonds. The number of benzene rings is 2. The van der Waals surface area contributed by atoms with E-state index in [-0.39, 0.29) is 17.6 Å². The van der Waals surface area contributed by atoms with Crippen molar-refractivity contribution in [2.24, 2.45) is 0 Å². The maximum Gasteiger partial charge on any atom is 0.276 e. The Morgan fingerprint density at radius 2 is 1.88 bits per heavy atom. The first-order valence-corrected chi connectivity index (χ1v) is 8.91. The van der Waals surface area contributed by atoms with E-state index in [2.05, 4.69) is 32.1 Å². The van der Waals surface area contributed by atoms with Crippen LogP contribution in [0.25, 0.3) is 0 Å². The molecule has 0 radical (unpaired) electrons. The second-order valence-corrected chi connectivity index (χ2v) is 6.85. The van der Waals surface area contributed by atoms with Crippen molar-refractivity contribution in [3.63, 3.8) is 0 Å². The number of hydrogen-bond donors (Lipinski definition) is 3. The van der Waals surface area contributed by atoms with E-state index in [1.54, 1.807) is 24.3 Å². The molecule has 6 nitrogen and oxygen atoms in total. The first kappa shape index (κ1) is 19.9. The summed E-state index contributed by atoms with van der Waals surface area (Å²) >= 11 is 8.35. The Hall–Kier alpha value is -2.45. The lowest BCUT2D eigenvalue weighted by Gasteiger charge is -2.12. The predicted molar refractivity (Wildman–Crippen MR) is 107 cm³/mol. The van der Waals surface area contributed by atoms with Gasteiger partial charge in [0.1, 0.15) is 5.75 Å². The molecule has 26 heavy (non-hydrogen) atoms. The van der Waals surface area contributed by atoms with Crippen LogP contribution < -0.4 is 20.9 Å². The first-order valence-electron chi connectivity index (χ1n) is 7.71. The Labute approximate surface area is 165 Å². The molecule has 0 aliphatic rings. The molecule has 0 aliphatic carbocycles. The smallest absolute Gasteiger partial charge is 0.276 e. The topological polar surface area (TPSA) is 79.5 Å². The van der Waals surface area contributed by atoms with Crippen LogP contribution in [0.2, 0.25) is 0 Å². The second-order valence-electron chi connectivity index (χ2n) is 5.52. The standard InChI is InChI=1S/C18H18BrN3O3S/c1-11-4-3-5-13(8-11)17(24)20-18(26)22-21-16(23)10-25-15-7-6-14(19)9-12(15)2/h3-9H,10H2,1-2H3,(H,21,23)(H2,20,22,24,26). The predicted octanol–water partition coefficient (Wildman–Crippen LogP) is 2.78. The van der Waals surface area contributed by atoms with Gasteiger partial charge < -0.3 is 4.74 Å². The summed E-state index contributed by atoms with van der Waals surface area (Å²) in [5.74, 6) is -0.180. The van der Waals surface area contributed by atoms with Gasteiger partial charge in [-0.1, -0.05) is 33.6 Å². The van der Waals surface area contributed by atoms with Gasteiger partial charge in [0.25, 0.3) is 11.8 Å². The summed E-state index contributed by atoms with van der Waals surface area (Å²) < 4.78 is 6.38. The highest BCUT2D eigenvalue weighted by molar-refractivity contribution is 9.10. The average Bonchev–Trinajstić information content (AvgIpc) is 2.59. The number of carbonyl (C=O) groups is 2. The number of hydrazine groups is 1. The van der Waals surface area contributed by atoms with Crippen LogP contribution in [0.3, 0.4) is 0 Å². The minimum absolute atomic E-state index is 0.00956. The van der Waals surface area contributed by atoms with Crippen LogP contribution in [0.4, 0.5) is 0 Å². The Kier molecular flexibility index (Phi) is 7.11. The van der Waals surface area contributed by atoms with Crippen LogP contribution in [0.5, 0.6) is 5.75 Å². The lowest BCUT2D eigenvalue weighted by atomic mass is 10.1. The molecule has 3 N–H and O–H groups in total. The Morgan fingerprint density at radius 3 is 2.58 bits per heavy atom. The van der Waals surface area contributed by atoms with Crippen molar-refractivity contribution in [3.05, 3.63) is 63.6 Å². The number of hydrogen-bond acceptors (Lipinski definition) is 4. The van der Waals surface area contributed by atoms with Crippen LogP contribution in [0, 0.1) is 13.8 Å². The van der Waals surface area contributed by atoms with E-state index in [1.165, 1.54) is 0 Å². The zero-order chi connectivity index (χ0) is 19.1. The fraction of sp³-hybridized carbons (Fsp3) is 0.167. The molecule has 0 bridgehead atoms. The maximum atomic E-state index is 12.0. The molecule has 0 heterocycles. The third kappa shape index (κ3) is 6.12. The molecule has 2 aromatic carbocycles. The molecule has 2 rings (SSSR count). The highest BCUT2D eigenvalue weighted by Gasteiger charge is 2.09. The molecule has 0 aliphatic heterocycles. The van der Waals surface area contributed by atoms with Crippen molar-refractivity contribution >= 4 is 45.1 Å².